The number of pyridine rings is 1. The second kappa shape index (κ2) is 6.52. The first-order valence-corrected chi connectivity index (χ1v) is 9.53. The summed E-state index contributed by atoms with van der Waals surface area (Å²) in [5, 5.41) is 13.0. The Hall–Kier alpha value is -3.99. The van der Waals surface area contributed by atoms with Crippen molar-refractivity contribution in [3.63, 3.8) is 0 Å². The molecule has 5 rings (SSSR count). The van der Waals surface area contributed by atoms with E-state index in [9.17, 15) is 14.7 Å². The Morgan fingerprint density at radius 2 is 1.70 bits per heavy atom. The first-order chi connectivity index (χ1) is 14.4. The zero-order valence-electron chi connectivity index (χ0n) is 16.4. The van der Waals surface area contributed by atoms with Gasteiger partial charge < -0.3 is 9.52 Å². The molecule has 0 saturated heterocycles. The summed E-state index contributed by atoms with van der Waals surface area (Å²) in [6.07, 6.45) is 1.44. The molecule has 0 radical (unpaired) electrons. The maximum absolute atomic E-state index is 13.1. The molecule has 5 heteroatoms. The normalized spacial score (nSPS) is 11.4. The Labute approximate surface area is 171 Å². The summed E-state index contributed by atoms with van der Waals surface area (Å²) < 4.78 is 5.48. The maximum Gasteiger partial charge on any atom is 0.345 e. The number of benzene rings is 3. The highest BCUT2D eigenvalue weighted by Gasteiger charge is 2.18. The molecule has 5 nitrogen and oxygen atoms in total. The van der Waals surface area contributed by atoms with Crippen molar-refractivity contribution in [1.29, 1.82) is 0 Å². The quantitative estimate of drug-likeness (QED) is 0.257. The number of hydrogen-bond acceptors (Lipinski definition) is 5. The molecule has 0 aliphatic heterocycles. The number of fused-ring (bicyclic) bond motifs is 4. The first kappa shape index (κ1) is 18.1. The molecule has 2 aromatic heterocycles. The number of aromatic nitrogens is 1. The molecule has 5 aromatic rings. The molecule has 146 valence electrons. The zero-order chi connectivity index (χ0) is 21.0. The van der Waals surface area contributed by atoms with E-state index in [2.05, 4.69) is 4.98 Å². The van der Waals surface area contributed by atoms with Crippen molar-refractivity contribution in [3.8, 4) is 5.75 Å². The third kappa shape index (κ3) is 2.67. The number of carbonyl (C=O) groups excluding carboxylic acids is 1. The van der Waals surface area contributed by atoms with E-state index in [0.29, 0.717) is 16.5 Å². The molecule has 0 fully saturated rings. The number of phenolic OH excluding ortho intramolecular Hbond substituents is 1. The van der Waals surface area contributed by atoms with Crippen LogP contribution < -0.4 is 5.63 Å². The number of rotatable bonds is 2. The van der Waals surface area contributed by atoms with Gasteiger partial charge >= 0.3 is 5.63 Å². The van der Waals surface area contributed by atoms with E-state index in [0.717, 1.165) is 21.9 Å². The largest absolute Gasteiger partial charge is 0.507 e. The average Bonchev–Trinajstić information content (AvgIpc) is 2.75. The van der Waals surface area contributed by atoms with Gasteiger partial charge in [0.25, 0.3) is 0 Å². The van der Waals surface area contributed by atoms with Crippen molar-refractivity contribution in [3.05, 3.63) is 93.5 Å². The molecule has 0 unspecified atom stereocenters. The van der Waals surface area contributed by atoms with Crippen LogP contribution in [0.2, 0.25) is 0 Å². The summed E-state index contributed by atoms with van der Waals surface area (Å²) in [6.45, 7) is 3.93. The molecule has 0 amide bonds. The summed E-state index contributed by atoms with van der Waals surface area (Å²) in [6, 6.07) is 15.9. The van der Waals surface area contributed by atoms with Gasteiger partial charge in [0.1, 0.15) is 11.3 Å². The lowest BCUT2D eigenvalue weighted by Crippen LogP contribution is -2.07. The summed E-state index contributed by atoms with van der Waals surface area (Å²) >= 11 is 0. The lowest BCUT2D eigenvalue weighted by Gasteiger charge is -2.09. The highest BCUT2D eigenvalue weighted by Crippen LogP contribution is 2.31. The van der Waals surface area contributed by atoms with Crippen LogP contribution in [0.15, 0.2) is 70.0 Å². The molecule has 1 N–H and O–H groups in total. The number of hydrogen-bond donors (Lipinski definition) is 1. The fourth-order valence-corrected chi connectivity index (χ4v) is 3.77. The molecule has 0 aliphatic carbocycles. The highest BCUT2D eigenvalue weighted by atomic mass is 16.4. The number of phenols is 1. The molecule has 2 heterocycles. The van der Waals surface area contributed by atoms with Gasteiger partial charge in [-0.2, -0.15) is 0 Å². The number of aryl methyl sites for hydroxylation is 2. The van der Waals surface area contributed by atoms with Crippen LogP contribution >= 0.6 is 0 Å². The van der Waals surface area contributed by atoms with Crippen LogP contribution in [0.3, 0.4) is 0 Å². The number of aromatic hydroxyl groups is 1. The minimum atomic E-state index is -0.550. The topological polar surface area (TPSA) is 80.4 Å². The Morgan fingerprint density at radius 3 is 2.53 bits per heavy atom. The predicted molar refractivity (Wildman–Crippen MR) is 116 cm³/mol. The van der Waals surface area contributed by atoms with Crippen molar-refractivity contribution in [2.75, 3.05) is 0 Å². The summed E-state index contributed by atoms with van der Waals surface area (Å²) in [7, 11) is 0. The van der Waals surface area contributed by atoms with E-state index in [1.54, 1.807) is 24.3 Å². The number of ketones is 1. The molecule has 0 spiro atoms. The van der Waals surface area contributed by atoms with Crippen LogP contribution in [-0.2, 0) is 0 Å². The van der Waals surface area contributed by atoms with Gasteiger partial charge in [-0.05, 0) is 54.6 Å². The number of carbonyl (C=O) groups is 1. The molecule has 30 heavy (non-hydrogen) atoms. The van der Waals surface area contributed by atoms with Crippen LogP contribution in [0.25, 0.3) is 32.6 Å². The summed E-state index contributed by atoms with van der Waals surface area (Å²) in [4.78, 5) is 30.1. The first-order valence-electron chi connectivity index (χ1n) is 9.53. The van der Waals surface area contributed by atoms with Crippen molar-refractivity contribution in [2.45, 2.75) is 13.8 Å². The van der Waals surface area contributed by atoms with E-state index in [1.165, 1.54) is 12.3 Å². The fraction of sp³-hybridized carbons (Fsp3) is 0.0800. The van der Waals surface area contributed by atoms with Crippen LogP contribution in [0.1, 0.15) is 27.0 Å². The van der Waals surface area contributed by atoms with Crippen molar-refractivity contribution in [1.82, 2.24) is 4.98 Å². The molecule has 0 atom stereocenters. The molecule has 3 aromatic carbocycles. The second-order valence-electron chi connectivity index (χ2n) is 7.45. The number of nitrogens with zero attached hydrogens (tertiary/aromatic N) is 1. The lowest BCUT2D eigenvalue weighted by molar-refractivity contribution is 0.103. The monoisotopic (exact) mass is 395 g/mol. The Morgan fingerprint density at radius 1 is 0.933 bits per heavy atom. The van der Waals surface area contributed by atoms with Gasteiger partial charge in [-0.15, -0.1) is 0 Å². The Bertz CT molecular complexity index is 1560. The van der Waals surface area contributed by atoms with E-state index >= 15 is 0 Å². The van der Waals surface area contributed by atoms with Gasteiger partial charge in [-0.1, -0.05) is 30.3 Å². The van der Waals surface area contributed by atoms with Crippen LogP contribution in [0, 0.1) is 13.8 Å². The fourth-order valence-electron chi connectivity index (χ4n) is 3.77. The lowest BCUT2D eigenvalue weighted by atomic mass is 9.98. The van der Waals surface area contributed by atoms with Crippen molar-refractivity contribution < 1.29 is 14.3 Å². The molecular formula is C25H17NO4. The smallest absolute Gasteiger partial charge is 0.345 e. The predicted octanol–water partition coefficient (Wildman–Crippen LogP) is 5.05. The third-order valence-electron chi connectivity index (χ3n) is 5.57. The van der Waals surface area contributed by atoms with Crippen molar-refractivity contribution in [2.24, 2.45) is 0 Å². The average molecular weight is 395 g/mol. The highest BCUT2D eigenvalue weighted by molar-refractivity contribution is 6.15. The summed E-state index contributed by atoms with van der Waals surface area (Å²) in [5.41, 5.74) is 2.85. The standard InChI is InChI=1S/C25H17NO4/c1-13-9-19-21(10-14(13)2)30-25(29)20-11-16(12-26-22(19)20)23(27)18-8-7-15-5-3-4-6-17(15)24(18)28/h3-12,28H,1-2H3. The third-order valence-corrected chi connectivity index (χ3v) is 5.57. The second-order valence-corrected chi connectivity index (χ2v) is 7.45. The summed E-state index contributed by atoms with van der Waals surface area (Å²) in [5.74, 6) is -0.498. The van der Waals surface area contributed by atoms with Crippen LogP contribution in [0.5, 0.6) is 5.75 Å². The minimum absolute atomic E-state index is 0.0881. The van der Waals surface area contributed by atoms with E-state index < -0.39 is 11.4 Å². The van der Waals surface area contributed by atoms with Gasteiger partial charge in [0, 0.05) is 22.5 Å². The zero-order valence-corrected chi connectivity index (χ0v) is 16.4. The van der Waals surface area contributed by atoms with Gasteiger partial charge in [0.2, 0.25) is 0 Å². The Kier molecular flexibility index (Phi) is 3.93. The molecule has 0 bridgehead atoms. The van der Waals surface area contributed by atoms with Gasteiger partial charge in [0.05, 0.1) is 16.5 Å². The van der Waals surface area contributed by atoms with Crippen LogP contribution in [-0.4, -0.2) is 15.9 Å². The SMILES string of the molecule is Cc1cc2oc(=O)c3cc(C(=O)c4ccc5ccccc5c4O)cnc3c2cc1C. The molecule has 0 saturated carbocycles. The van der Waals surface area contributed by atoms with E-state index in [4.69, 9.17) is 4.42 Å². The van der Waals surface area contributed by atoms with Crippen molar-refractivity contribution >= 4 is 38.4 Å². The van der Waals surface area contributed by atoms with E-state index in [-0.39, 0.29) is 22.3 Å². The molecule has 0 aliphatic rings. The van der Waals surface area contributed by atoms with Crippen LogP contribution in [0.4, 0.5) is 0 Å². The van der Waals surface area contributed by atoms with Gasteiger partial charge in [-0.3, -0.25) is 9.78 Å². The van der Waals surface area contributed by atoms with E-state index in [1.807, 2.05) is 38.1 Å². The van der Waals surface area contributed by atoms with Gasteiger partial charge in [0.15, 0.2) is 5.78 Å². The van der Waals surface area contributed by atoms with Gasteiger partial charge in [-0.25, -0.2) is 4.79 Å². The Balaban J connectivity index is 1.70. The maximum atomic E-state index is 13.1. The molecular weight excluding hydrogens is 378 g/mol. The minimum Gasteiger partial charge on any atom is -0.507 e.